The molecule has 230 valence electrons. The molecule has 7 atom stereocenters. The Hall–Kier alpha value is -2.19. The zero-order valence-corrected chi connectivity index (χ0v) is 26.0. The van der Waals surface area contributed by atoms with Crippen molar-refractivity contribution in [3.05, 3.63) is 25.3 Å². The van der Waals surface area contributed by atoms with E-state index in [2.05, 4.69) is 33.9 Å². The highest BCUT2D eigenvalue weighted by atomic mass is 16.5. The van der Waals surface area contributed by atoms with Crippen molar-refractivity contribution >= 4 is 17.7 Å². The molecule has 41 heavy (non-hydrogen) atoms. The lowest BCUT2D eigenvalue weighted by Crippen LogP contribution is -2.60. The van der Waals surface area contributed by atoms with Crippen molar-refractivity contribution in [3.63, 3.8) is 0 Å². The molecule has 0 radical (unpaired) electrons. The second-order valence-electron chi connectivity index (χ2n) is 13.6. The lowest BCUT2D eigenvalue weighted by atomic mass is 9.62. The molecular formula is C33H53N3O5. The Morgan fingerprint density at radius 1 is 1.15 bits per heavy atom. The first kappa shape index (κ1) is 31.7. The molecule has 3 unspecified atom stereocenters. The highest BCUT2D eigenvalue weighted by molar-refractivity contribution is 5.99. The Kier molecular flexibility index (Phi) is 9.74. The molecule has 0 aromatic rings. The fraction of sp³-hybridized carbons (Fsp3) is 0.788. The number of aliphatic hydroxyl groups excluding tert-OH is 1. The summed E-state index contributed by atoms with van der Waals surface area (Å²) in [5.41, 5.74) is -1.98. The van der Waals surface area contributed by atoms with E-state index in [0.29, 0.717) is 32.5 Å². The maximum Gasteiger partial charge on any atom is 0.248 e. The monoisotopic (exact) mass is 571 g/mol. The molecule has 3 amide bonds. The van der Waals surface area contributed by atoms with E-state index in [4.69, 9.17) is 4.74 Å². The van der Waals surface area contributed by atoms with Gasteiger partial charge in [0.15, 0.2) is 0 Å². The summed E-state index contributed by atoms with van der Waals surface area (Å²) in [6, 6.07) is -1.34. The number of aliphatic hydroxyl groups is 1. The molecule has 1 saturated carbocycles. The van der Waals surface area contributed by atoms with Crippen LogP contribution >= 0.6 is 0 Å². The van der Waals surface area contributed by atoms with Crippen LogP contribution in [0.2, 0.25) is 0 Å². The maximum absolute atomic E-state index is 14.9. The van der Waals surface area contributed by atoms with Crippen LogP contribution in [0.5, 0.6) is 0 Å². The van der Waals surface area contributed by atoms with Crippen LogP contribution in [0.25, 0.3) is 0 Å². The van der Waals surface area contributed by atoms with Gasteiger partial charge < -0.3 is 24.5 Å². The average Bonchev–Trinajstić information content (AvgIpc) is 3.46. The van der Waals surface area contributed by atoms with Crippen LogP contribution in [0.1, 0.15) is 86.0 Å². The van der Waals surface area contributed by atoms with E-state index in [1.54, 1.807) is 22.0 Å². The zero-order chi connectivity index (χ0) is 30.1. The van der Waals surface area contributed by atoms with Gasteiger partial charge in [0.1, 0.15) is 11.6 Å². The van der Waals surface area contributed by atoms with E-state index in [1.165, 1.54) is 0 Å². The predicted octanol–water partition coefficient (Wildman–Crippen LogP) is 4.18. The number of ether oxygens (including phenoxy) is 1. The lowest BCUT2D eigenvalue weighted by Gasteiger charge is -2.42. The van der Waals surface area contributed by atoms with E-state index < -0.39 is 35.1 Å². The van der Waals surface area contributed by atoms with Gasteiger partial charge in [-0.3, -0.25) is 14.4 Å². The van der Waals surface area contributed by atoms with E-state index in [1.807, 2.05) is 18.7 Å². The third-order valence-electron chi connectivity index (χ3n) is 10.4. The molecule has 1 aliphatic carbocycles. The highest BCUT2D eigenvalue weighted by Crippen LogP contribution is 2.66. The second-order valence-corrected chi connectivity index (χ2v) is 13.6. The third-order valence-corrected chi connectivity index (χ3v) is 10.4. The van der Waals surface area contributed by atoms with Gasteiger partial charge in [0.05, 0.1) is 30.1 Å². The number of carbonyl (C=O) groups excluding carboxylic acids is 3. The predicted molar refractivity (Wildman–Crippen MR) is 160 cm³/mol. The highest BCUT2D eigenvalue weighted by Gasteiger charge is 2.80. The molecule has 0 aromatic heterocycles. The Labute approximate surface area is 247 Å². The van der Waals surface area contributed by atoms with Crippen molar-refractivity contribution in [2.24, 2.45) is 23.7 Å². The van der Waals surface area contributed by atoms with Crippen molar-refractivity contribution < 1.29 is 24.2 Å². The lowest BCUT2D eigenvalue weighted by molar-refractivity contribution is -0.159. The molecule has 3 saturated heterocycles. The van der Waals surface area contributed by atoms with Crippen LogP contribution in [0, 0.1) is 23.7 Å². The number of fused-ring (bicyclic) bond motifs is 1. The Morgan fingerprint density at radius 3 is 2.37 bits per heavy atom. The minimum Gasteiger partial charge on any atom is -0.394 e. The van der Waals surface area contributed by atoms with E-state index >= 15 is 0 Å². The second kappa shape index (κ2) is 12.6. The van der Waals surface area contributed by atoms with Crippen molar-refractivity contribution in [2.45, 2.75) is 115 Å². The van der Waals surface area contributed by atoms with Crippen molar-refractivity contribution in [1.29, 1.82) is 0 Å². The summed E-state index contributed by atoms with van der Waals surface area (Å²) in [7, 11) is 0. The van der Waals surface area contributed by atoms with Gasteiger partial charge in [0, 0.05) is 25.7 Å². The Morgan fingerprint density at radius 2 is 1.80 bits per heavy atom. The third kappa shape index (κ3) is 5.28. The fourth-order valence-corrected chi connectivity index (χ4v) is 8.57. The Balaban J connectivity index is 1.85. The van der Waals surface area contributed by atoms with Gasteiger partial charge in [-0.15, -0.1) is 13.2 Å². The molecule has 8 heteroatoms. The largest absolute Gasteiger partial charge is 0.394 e. The van der Waals surface area contributed by atoms with E-state index in [-0.39, 0.29) is 42.2 Å². The minimum absolute atomic E-state index is 0.0248. The number of hydrogen-bond donors (Lipinski definition) is 1. The molecule has 0 aromatic carbocycles. The number of hydrogen-bond acceptors (Lipinski definition) is 5. The SMILES string of the molecule is C=CCN(CCC)C(=O)[C@@H]1[C@H]2C(=O)N([C@@H](CO)CC(C)C)C(C(=O)N(CC=C)C3CCCCC3)C23CC(C)[C@@]1(C)O3. The molecule has 8 nitrogen and oxygen atoms in total. The van der Waals surface area contributed by atoms with Crippen LogP contribution in [0.15, 0.2) is 25.3 Å². The number of amides is 3. The normalized spacial score (nSPS) is 33.6. The topological polar surface area (TPSA) is 90.4 Å². The number of likely N-dealkylation sites (tertiary alicyclic amines) is 1. The molecule has 3 aliphatic heterocycles. The number of carbonyl (C=O) groups is 3. The van der Waals surface area contributed by atoms with Gasteiger partial charge in [0.2, 0.25) is 17.7 Å². The summed E-state index contributed by atoms with van der Waals surface area (Å²) in [5.74, 6) is -1.75. The summed E-state index contributed by atoms with van der Waals surface area (Å²) in [6.07, 6.45) is 10.5. The molecule has 4 aliphatic rings. The van der Waals surface area contributed by atoms with Crippen molar-refractivity contribution in [3.8, 4) is 0 Å². The molecule has 1 spiro atoms. The van der Waals surface area contributed by atoms with Crippen LogP contribution < -0.4 is 0 Å². The Bertz CT molecular complexity index is 1010. The maximum atomic E-state index is 14.9. The van der Waals surface area contributed by atoms with E-state index in [0.717, 1.165) is 38.5 Å². The van der Waals surface area contributed by atoms with E-state index in [9.17, 15) is 19.5 Å². The van der Waals surface area contributed by atoms with Crippen LogP contribution in [0.3, 0.4) is 0 Å². The first-order valence-electron chi connectivity index (χ1n) is 16.0. The van der Waals surface area contributed by atoms with Gasteiger partial charge in [-0.25, -0.2) is 0 Å². The standard InChI is InChI=1S/C33H53N3O5/c1-8-16-34(17-9-2)29(38)26-27-30(39)36(25(21-37)19-22(4)5)28(33(27)20-23(6)32(26,7)41-33)31(40)35(18-10-3)24-14-12-11-13-15-24/h8,10,22-28,37H,1,3,9,11-21H2,2,4-7H3/t23?,25-,26+,27+,28?,32-,33?/m1/s1. The van der Waals surface area contributed by atoms with Crippen molar-refractivity contribution in [1.82, 2.24) is 14.7 Å². The van der Waals surface area contributed by atoms with Crippen LogP contribution in [0.4, 0.5) is 0 Å². The summed E-state index contributed by atoms with van der Waals surface area (Å²) < 4.78 is 6.98. The molecule has 2 bridgehead atoms. The average molecular weight is 572 g/mol. The fourth-order valence-electron chi connectivity index (χ4n) is 8.57. The molecule has 4 rings (SSSR count). The molecule has 3 heterocycles. The summed E-state index contributed by atoms with van der Waals surface area (Å²) >= 11 is 0. The molecular weight excluding hydrogens is 518 g/mol. The van der Waals surface area contributed by atoms with Crippen molar-refractivity contribution in [2.75, 3.05) is 26.2 Å². The smallest absolute Gasteiger partial charge is 0.248 e. The van der Waals surface area contributed by atoms with Crippen LogP contribution in [-0.4, -0.2) is 93.1 Å². The number of rotatable bonds is 13. The van der Waals surface area contributed by atoms with Gasteiger partial charge in [-0.05, 0) is 50.9 Å². The summed E-state index contributed by atoms with van der Waals surface area (Å²) in [4.78, 5) is 49.2. The van der Waals surface area contributed by atoms with Crippen LogP contribution in [-0.2, 0) is 19.1 Å². The summed E-state index contributed by atoms with van der Waals surface area (Å²) in [6.45, 7) is 19.1. The number of nitrogens with zero attached hydrogens (tertiary/aromatic N) is 3. The van der Waals surface area contributed by atoms with Gasteiger partial charge in [-0.1, -0.05) is 59.1 Å². The molecule has 1 N–H and O–H groups in total. The quantitative estimate of drug-likeness (QED) is 0.335. The summed E-state index contributed by atoms with van der Waals surface area (Å²) in [5, 5.41) is 10.6. The van der Waals surface area contributed by atoms with Gasteiger partial charge in [0.25, 0.3) is 0 Å². The molecule has 4 fully saturated rings. The first-order chi connectivity index (χ1) is 19.5. The first-order valence-corrected chi connectivity index (χ1v) is 16.0. The minimum atomic E-state index is -1.12. The van der Waals surface area contributed by atoms with Gasteiger partial charge >= 0.3 is 0 Å². The zero-order valence-electron chi connectivity index (χ0n) is 26.0. The van der Waals surface area contributed by atoms with Gasteiger partial charge in [-0.2, -0.15) is 0 Å².